The van der Waals surface area contributed by atoms with Crippen molar-refractivity contribution in [2.75, 3.05) is 26.2 Å². The van der Waals surface area contributed by atoms with E-state index in [2.05, 4.69) is 29.2 Å². The van der Waals surface area contributed by atoms with E-state index < -0.39 is 16.1 Å². The summed E-state index contributed by atoms with van der Waals surface area (Å²) in [5.41, 5.74) is 2.40. The van der Waals surface area contributed by atoms with E-state index in [1.54, 1.807) is 24.3 Å². The van der Waals surface area contributed by atoms with Crippen molar-refractivity contribution in [3.05, 3.63) is 65.7 Å². The van der Waals surface area contributed by atoms with E-state index in [0.717, 1.165) is 37.9 Å². The van der Waals surface area contributed by atoms with Gasteiger partial charge in [-0.15, -0.1) is 0 Å². The number of rotatable bonds is 9. The largest absolute Gasteiger partial charge is 0.390 e. The molecule has 0 amide bonds. The molecule has 0 radical (unpaired) electrons. The first-order valence-electron chi connectivity index (χ1n) is 11.3. The second kappa shape index (κ2) is 10.7. The molecule has 0 aliphatic carbocycles. The third-order valence-electron chi connectivity index (χ3n) is 6.14. The Morgan fingerprint density at radius 3 is 2.23 bits per heavy atom. The van der Waals surface area contributed by atoms with E-state index in [1.807, 2.05) is 26.8 Å². The molecule has 1 atom stereocenters. The second-order valence-corrected chi connectivity index (χ2v) is 11.0. The highest BCUT2D eigenvalue weighted by molar-refractivity contribution is 7.89. The summed E-state index contributed by atoms with van der Waals surface area (Å²) in [6, 6.07) is 17.3. The van der Waals surface area contributed by atoms with Crippen LogP contribution in [0.2, 0.25) is 0 Å². The lowest BCUT2D eigenvalue weighted by Gasteiger charge is -2.35. The minimum Gasteiger partial charge on any atom is -0.390 e. The van der Waals surface area contributed by atoms with Crippen LogP contribution in [0.5, 0.6) is 0 Å². The molecule has 170 valence electrons. The lowest BCUT2D eigenvalue weighted by molar-refractivity contribution is 0.0723. The van der Waals surface area contributed by atoms with E-state index in [1.165, 1.54) is 9.87 Å². The minimum atomic E-state index is -3.64. The first kappa shape index (κ1) is 23.9. The van der Waals surface area contributed by atoms with Gasteiger partial charge in [0.1, 0.15) is 0 Å². The molecule has 1 heterocycles. The summed E-state index contributed by atoms with van der Waals surface area (Å²) in [5.74, 6) is 0.671. The zero-order chi connectivity index (χ0) is 22.4. The third kappa shape index (κ3) is 6.62. The minimum absolute atomic E-state index is 0.109. The third-order valence-corrected chi connectivity index (χ3v) is 8.19. The van der Waals surface area contributed by atoms with Crippen LogP contribution >= 0.6 is 0 Å². The van der Waals surface area contributed by atoms with Crippen LogP contribution < -0.4 is 0 Å². The number of β-amino-alcohol motifs (C(OH)–C–C–N with tert-alkyl or cyclic N) is 1. The van der Waals surface area contributed by atoms with Crippen molar-refractivity contribution in [2.45, 2.75) is 57.1 Å². The van der Waals surface area contributed by atoms with Crippen molar-refractivity contribution in [3.8, 4) is 0 Å². The standard InChI is InChI=1S/C25H36N2O3S/c1-20(2)27(31(29,30)25-11-9-21(3)10-12-25)19-24(28)18-26-15-13-23(14-16-26)17-22-7-5-4-6-8-22/h4-12,20,23-24,28H,13-19H2,1-3H3. The fraction of sp³-hybridized carbons (Fsp3) is 0.520. The maximum Gasteiger partial charge on any atom is 0.243 e. The van der Waals surface area contributed by atoms with Gasteiger partial charge >= 0.3 is 0 Å². The Balaban J connectivity index is 1.53. The number of aliphatic hydroxyl groups is 1. The smallest absolute Gasteiger partial charge is 0.243 e. The van der Waals surface area contributed by atoms with Crippen LogP contribution in [0.3, 0.4) is 0 Å². The number of hydrogen-bond acceptors (Lipinski definition) is 4. The zero-order valence-electron chi connectivity index (χ0n) is 18.9. The van der Waals surface area contributed by atoms with Gasteiger partial charge in [-0.3, -0.25) is 0 Å². The van der Waals surface area contributed by atoms with Crippen LogP contribution in [0.25, 0.3) is 0 Å². The highest BCUT2D eigenvalue weighted by Gasteiger charge is 2.30. The van der Waals surface area contributed by atoms with Crippen molar-refractivity contribution >= 4 is 10.0 Å². The molecule has 2 aromatic carbocycles. The van der Waals surface area contributed by atoms with E-state index in [4.69, 9.17) is 0 Å². The number of piperidine rings is 1. The van der Waals surface area contributed by atoms with Crippen molar-refractivity contribution in [3.63, 3.8) is 0 Å². The molecule has 1 saturated heterocycles. The quantitative estimate of drug-likeness (QED) is 0.641. The Labute approximate surface area is 187 Å². The van der Waals surface area contributed by atoms with Gasteiger partial charge in [-0.1, -0.05) is 48.0 Å². The molecule has 5 nitrogen and oxygen atoms in total. The van der Waals surface area contributed by atoms with Crippen LogP contribution in [0.1, 0.15) is 37.8 Å². The number of hydrogen-bond donors (Lipinski definition) is 1. The van der Waals surface area contributed by atoms with Gasteiger partial charge in [0.2, 0.25) is 10.0 Å². The van der Waals surface area contributed by atoms with Gasteiger partial charge in [-0.05, 0) is 76.7 Å². The first-order valence-corrected chi connectivity index (χ1v) is 12.7. The van der Waals surface area contributed by atoms with Gasteiger partial charge in [0, 0.05) is 19.1 Å². The maximum atomic E-state index is 13.1. The van der Waals surface area contributed by atoms with Crippen molar-refractivity contribution in [2.24, 2.45) is 5.92 Å². The van der Waals surface area contributed by atoms with Gasteiger partial charge in [-0.25, -0.2) is 8.42 Å². The Hall–Kier alpha value is -1.73. The zero-order valence-corrected chi connectivity index (χ0v) is 19.8. The number of sulfonamides is 1. The van der Waals surface area contributed by atoms with Crippen molar-refractivity contribution in [1.82, 2.24) is 9.21 Å². The predicted octanol–water partition coefficient (Wildman–Crippen LogP) is 3.71. The summed E-state index contributed by atoms with van der Waals surface area (Å²) in [6.45, 7) is 8.15. The molecule has 6 heteroatoms. The lowest BCUT2D eigenvalue weighted by atomic mass is 9.90. The monoisotopic (exact) mass is 444 g/mol. The summed E-state index contributed by atoms with van der Waals surface area (Å²) in [5, 5.41) is 10.7. The number of likely N-dealkylation sites (tertiary alicyclic amines) is 1. The SMILES string of the molecule is Cc1ccc(S(=O)(=O)N(CC(O)CN2CCC(Cc3ccccc3)CC2)C(C)C)cc1. The van der Waals surface area contributed by atoms with Crippen LogP contribution in [0, 0.1) is 12.8 Å². The summed E-state index contributed by atoms with van der Waals surface area (Å²) in [7, 11) is -3.64. The average molecular weight is 445 g/mol. The average Bonchev–Trinajstić information content (AvgIpc) is 2.74. The van der Waals surface area contributed by atoms with Crippen LogP contribution in [-0.4, -0.2) is 61.1 Å². The molecule has 2 aromatic rings. The Morgan fingerprint density at radius 2 is 1.65 bits per heavy atom. The molecule has 1 unspecified atom stereocenters. The molecule has 1 fully saturated rings. The Kier molecular flexibility index (Phi) is 8.28. The van der Waals surface area contributed by atoms with Gasteiger partial charge < -0.3 is 10.0 Å². The number of aliphatic hydroxyl groups excluding tert-OH is 1. The first-order chi connectivity index (χ1) is 14.8. The molecule has 0 saturated carbocycles. The Morgan fingerprint density at radius 1 is 1.03 bits per heavy atom. The summed E-state index contributed by atoms with van der Waals surface area (Å²) in [4.78, 5) is 2.55. The van der Waals surface area contributed by atoms with Crippen LogP contribution in [-0.2, 0) is 16.4 Å². The fourth-order valence-electron chi connectivity index (χ4n) is 4.32. The van der Waals surface area contributed by atoms with Gasteiger partial charge in [-0.2, -0.15) is 4.31 Å². The highest BCUT2D eigenvalue weighted by atomic mass is 32.2. The number of nitrogens with zero attached hydrogens (tertiary/aromatic N) is 2. The highest BCUT2D eigenvalue weighted by Crippen LogP contribution is 2.23. The van der Waals surface area contributed by atoms with E-state index in [0.29, 0.717) is 12.5 Å². The van der Waals surface area contributed by atoms with Crippen LogP contribution in [0.15, 0.2) is 59.5 Å². The molecular formula is C25H36N2O3S. The topological polar surface area (TPSA) is 60.9 Å². The predicted molar refractivity (Wildman–Crippen MR) is 126 cm³/mol. The molecule has 0 bridgehead atoms. The fourth-order valence-corrected chi connectivity index (χ4v) is 5.99. The molecule has 1 aliphatic heterocycles. The molecule has 3 rings (SSSR count). The normalized spacial score (nSPS) is 17.4. The van der Waals surface area contributed by atoms with Crippen molar-refractivity contribution < 1.29 is 13.5 Å². The van der Waals surface area contributed by atoms with Crippen LogP contribution in [0.4, 0.5) is 0 Å². The maximum absolute atomic E-state index is 13.1. The molecule has 0 aromatic heterocycles. The van der Waals surface area contributed by atoms with E-state index in [9.17, 15) is 13.5 Å². The van der Waals surface area contributed by atoms with Gasteiger partial charge in [0.05, 0.1) is 11.0 Å². The molecular weight excluding hydrogens is 408 g/mol. The summed E-state index contributed by atoms with van der Waals surface area (Å²) in [6.07, 6.45) is 2.61. The number of aryl methyl sites for hydroxylation is 1. The molecule has 1 N–H and O–H groups in total. The summed E-state index contributed by atoms with van der Waals surface area (Å²) >= 11 is 0. The van der Waals surface area contributed by atoms with Gasteiger partial charge in [0.15, 0.2) is 0 Å². The van der Waals surface area contributed by atoms with Gasteiger partial charge in [0.25, 0.3) is 0 Å². The lowest BCUT2D eigenvalue weighted by Crippen LogP contribution is -2.47. The van der Waals surface area contributed by atoms with E-state index in [-0.39, 0.29) is 17.5 Å². The number of benzene rings is 2. The summed E-state index contributed by atoms with van der Waals surface area (Å²) < 4.78 is 27.7. The molecule has 1 aliphatic rings. The Bertz CT molecular complexity index is 906. The molecule has 31 heavy (non-hydrogen) atoms. The van der Waals surface area contributed by atoms with Crippen molar-refractivity contribution in [1.29, 1.82) is 0 Å². The molecule has 0 spiro atoms. The second-order valence-electron chi connectivity index (χ2n) is 9.07. The van der Waals surface area contributed by atoms with E-state index >= 15 is 0 Å².